The highest BCUT2D eigenvalue weighted by Gasteiger charge is 2.33. The molecule has 1 fully saturated rings. The maximum Gasteiger partial charge on any atom is 0.253 e. The normalized spacial score (nSPS) is 15.1. The second-order valence-electron chi connectivity index (χ2n) is 9.09. The highest BCUT2D eigenvalue weighted by molar-refractivity contribution is 5.80. The fourth-order valence-electron chi connectivity index (χ4n) is 5.02. The SMILES string of the molecule is CCOc1ccc2[nH]c(=O)c([C@@H](c3nnnn3CCOC)N3CCN(c4ccccc4OC)CC3)cc2c1. The van der Waals surface area contributed by atoms with Gasteiger partial charge in [0.15, 0.2) is 5.82 Å². The Bertz CT molecular complexity index is 1430. The van der Waals surface area contributed by atoms with Crippen LogP contribution in [-0.4, -0.2) is 83.7 Å². The largest absolute Gasteiger partial charge is 0.495 e. The third-order valence-electron chi connectivity index (χ3n) is 6.87. The Morgan fingerprint density at radius 3 is 2.63 bits per heavy atom. The zero-order valence-corrected chi connectivity index (χ0v) is 22.0. The summed E-state index contributed by atoms with van der Waals surface area (Å²) in [6.45, 7) is 6.38. The summed E-state index contributed by atoms with van der Waals surface area (Å²) in [7, 11) is 3.33. The lowest BCUT2D eigenvalue weighted by molar-refractivity contribution is 0.171. The van der Waals surface area contributed by atoms with E-state index in [1.165, 1.54) is 0 Å². The first kappa shape index (κ1) is 25.7. The Morgan fingerprint density at radius 2 is 1.87 bits per heavy atom. The summed E-state index contributed by atoms with van der Waals surface area (Å²) in [6, 6.07) is 15.2. The van der Waals surface area contributed by atoms with Gasteiger partial charge in [0.25, 0.3) is 5.56 Å². The quantitative estimate of drug-likeness (QED) is 0.338. The van der Waals surface area contributed by atoms with Gasteiger partial charge in [-0.1, -0.05) is 12.1 Å². The van der Waals surface area contributed by atoms with E-state index in [0.717, 1.165) is 41.2 Å². The average molecular weight is 520 g/mol. The molecule has 1 saturated heterocycles. The summed E-state index contributed by atoms with van der Waals surface area (Å²) in [5, 5.41) is 13.4. The van der Waals surface area contributed by atoms with Gasteiger partial charge in [-0.25, -0.2) is 4.68 Å². The summed E-state index contributed by atoms with van der Waals surface area (Å²) >= 11 is 0. The minimum Gasteiger partial charge on any atom is -0.495 e. The number of nitrogens with one attached hydrogen (secondary N) is 1. The predicted molar refractivity (Wildman–Crippen MR) is 144 cm³/mol. The van der Waals surface area contributed by atoms with Gasteiger partial charge in [0.1, 0.15) is 17.5 Å². The lowest BCUT2D eigenvalue weighted by atomic mass is 10.0. The topological polar surface area (TPSA) is 111 Å². The van der Waals surface area contributed by atoms with Crippen molar-refractivity contribution < 1.29 is 14.2 Å². The number of piperazine rings is 1. The summed E-state index contributed by atoms with van der Waals surface area (Å²) in [5.41, 5.74) is 2.23. The van der Waals surface area contributed by atoms with E-state index in [4.69, 9.17) is 14.2 Å². The Morgan fingerprint density at radius 1 is 1.05 bits per heavy atom. The second kappa shape index (κ2) is 11.6. The molecular formula is C27H33N7O4. The van der Waals surface area contributed by atoms with Gasteiger partial charge in [-0.3, -0.25) is 9.69 Å². The molecule has 0 spiro atoms. The second-order valence-corrected chi connectivity index (χ2v) is 9.09. The number of pyridine rings is 1. The van der Waals surface area contributed by atoms with Crippen LogP contribution in [0.2, 0.25) is 0 Å². The molecule has 200 valence electrons. The number of nitrogens with zero attached hydrogens (tertiary/aromatic N) is 6. The minimum absolute atomic E-state index is 0.167. The standard InChI is InChI=1S/C27H33N7O4/c1-4-38-20-9-10-22-19(17-20)18-21(27(35)28-22)25(26-29-30-31-34(26)15-16-36-2)33-13-11-32(12-14-33)23-7-5-6-8-24(23)37-3/h5-10,17-18,25H,4,11-16H2,1-3H3,(H,28,35)/t25-/m0/s1. The van der Waals surface area contributed by atoms with E-state index in [0.29, 0.717) is 44.2 Å². The van der Waals surface area contributed by atoms with Crippen molar-refractivity contribution in [3.8, 4) is 11.5 Å². The van der Waals surface area contributed by atoms with Gasteiger partial charge in [0, 0.05) is 49.8 Å². The number of rotatable bonds is 10. The number of hydrogen-bond acceptors (Lipinski definition) is 9. The predicted octanol–water partition coefficient (Wildman–Crippen LogP) is 2.48. The van der Waals surface area contributed by atoms with Gasteiger partial charge in [-0.05, 0) is 53.7 Å². The molecule has 0 radical (unpaired) electrons. The van der Waals surface area contributed by atoms with Crippen molar-refractivity contribution in [3.63, 3.8) is 0 Å². The first-order valence-corrected chi connectivity index (χ1v) is 12.8. The molecule has 11 nitrogen and oxygen atoms in total. The molecule has 1 N–H and O–H groups in total. The molecule has 0 bridgehead atoms. The Labute approximate surface area is 220 Å². The van der Waals surface area contributed by atoms with Gasteiger partial charge in [-0.15, -0.1) is 5.10 Å². The molecule has 4 aromatic rings. The molecule has 2 aromatic carbocycles. The average Bonchev–Trinajstić information content (AvgIpc) is 3.41. The number of benzene rings is 2. The maximum atomic E-state index is 13.5. The van der Waals surface area contributed by atoms with Crippen LogP contribution in [0.15, 0.2) is 53.3 Å². The third kappa shape index (κ3) is 5.20. The van der Waals surface area contributed by atoms with Crippen molar-refractivity contribution in [1.29, 1.82) is 0 Å². The van der Waals surface area contributed by atoms with Crippen LogP contribution in [0, 0.1) is 0 Å². The summed E-state index contributed by atoms with van der Waals surface area (Å²) in [4.78, 5) is 21.1. The van der Waals surface area contributed by atoms with Crippen LogP contribution >= 0.6 is 0 Å². The highest BCUT2D eigenvalue weighted by Crippen LogP contribution is 2.32. The summed E-state index contributed by atoms with van der Waals surface area (Å²) in [5.74, 6) is 2.21. The molecule has 2 aromatic heterocycles. The molecule has 1 aliphatic heterocycles. The first-order valence-electron chi connectivity index (χ1n) is 12.8. The number of para-hydroxylation sites is 2. The summed E-state index contributed by atoms with van der Waals surface area (Å²) in [6.07, 6.45) is 0. The number of methoxy groups -OCH3 is 2. The lowest BCUT2D eigenvalue weighted by Gasteiger charge is -2.40. The van der Waals surface area contributed by atoms with Crippen molar-refractivity contribution in [2.45, 2.75) is 19.5 Å². The number of aromatic amines is 1. The Balaban J connectivity index is 1.52. The number of H-pyrrole nitrogens is 1. The van der Waals surface area contributed by atoms with Gasteiger partial charge in [0.05, 0.1) is 32.6 Å². The van der Waals surface area contributed by atoms with E-state index in [9.17, 15) is 4.79 Å². The number of tetrazole rings is 1. The molecular weight excluding hydrogens is 486 g/mol. The van der Waals surface area contributed by atoms with Crippen molar-refractivity contribution in [2.75, 3.05) is 58.5 Å². The molecule has 0 saturated carbocycles. The molecule has 1 atom stereocenters. The van der Waals surface area contributed by atoms with Gasteiger partial charge >= 0.3 is 0 Å². The maximum absolute atomic E-state index is 13.5. The van der Waals surface area contributed by atoms with Crippen LogP contribution < -0.4 is 19.9 Å². The zero-order valence-electron chi connectivity index (χ0n) is 22.0. The lowest BCUT2D eigenvalue weighted by Crippen LogP contribution is -2.49. The van der Waals surface area contributed by atoms with E-state index in [-0.39, 0.29) is 5.56 Å². The van der Waals surface area contributed by atoms with Crippen molar-refractivity contribution in [2.24, 2.45) is 0 Å². The Kier molecular flexibility index (Phi) is 7.85. The molecule has 5 rings (SSSR count). The molecule has 1 aliphatic rings. The van der Waals surface area contributed by atoms with Crippen LogP contribution in [0.4, 0.5) is 5.69 Å². The summed E-state index contributed by atoms with van der Waals surface area (Å²) < 4.78 is 18.3. The Hall–Kier alpha value is -3.96. The van der Waals surface area contributed by atoms with Gasteiger partial charge in [-0.2, -0.15) is 0 Å². The fraction of sp³-hybridized carbons (Fsp3) is 0.407. The van der Waals surface area contributed by atoms with E-state index in [1.54, 1.807) is 18.9 Å². The minimum atomic E-state index is -0.439. The number of fused-ring (bicyclic) bond motifs is 1. The molecule has 11 heteroatoms. The molecule has 0 amide bonds. The van der Waals surface area contributed by atoms with Crippen LogP contribution in [0.3, 0.4) is 0 Å². The zero-order chi connectivity index (χ0) is 26.5. The molecule has 3 heterocycles. The number of aromatic nitrogens is 5. The van der Waals surface area contributed by atoms with Crippen molar-refractivity contribution in [1.82, 2.24) is 30.1 Å². The number of ether oxygens (including phenoxy) is 3. The molecule has 38 heavy (non-hydrogen) atoms. The number of anilines is 1. The van der Waals surface area contributed by atoms with E-state index in [1.807, 2.05) is 49.4 Å². The van der Waals surface area contributed by atoms with E-state index < -0.39 is 6.04 Å². The van der Waals surface area contributed by atoms with Crippen LogP contribution in [-0.2, 0) is 11.3 Å². The smallest absolute Gasteiger partial charge is 0.253 e. The van der Waals surface area contributed by atoms with E-state index >= 15 is 0 Å². The van der Waals surface area contributed by atoms with Crippen LogP contribution in [0.1, 0.15) is 24.4 Å². The van der Waals surface area contributed by atoms with Gasteiger partial charge in [0.2, 0.25) is 0 Å². The molecule has 0 unspecified atom stereocenters. The number of hydrogen-bond donors (Lipinski definition) is 1. The van der Waals surface area contributed by atoms with E-state index in [2.05, 4.69) is 36.4 Å². The van der Waals surface area contributed by atoms with Crippen molar-refractivity contribution >= 4 is 16.6 Å². The van der Waals surface area contributed by atoms with Crippen molar-refractivity contribution in [3.05, 3.63) is 70.3 Å². The highest BCUT2D eigenvalue weighted by atomic mass is 16.5. The monoisotopic (exact) mass is 519 g/mol. The van der Waals surface area contributed by atoms with Crippen LogP contribution in [0.25, 0.3) is 10.9 Å². The fourth-order valence-corrected chi connectivity index (χ4v) is 5.02. The first-order chi connectivity index (χ1) is 18.6. The van der Waals surface area contributed by atoms with Gasteiger partial charge < -0.3 is 24.1 Å². The van der Waals surface area contributed by atoms with Crippen LogP contribution in [0.5, 0.6) is 11.5 Å². The molecule has 0 aliphatic carbocycles. The third-order valence-corrected chi connectivity index (χ3v) is 6.87.